The fourth-order valence-electron chi connectivity index (χ4n) is 3.17. The first-order chi connectivity index (χ1) is 15.8. The first-order valence-corrected chi connectivity index (χ1v) is 11.3. The normalized spacial score (nSPS) is 13.2. The van der Waals surface area contributed by atoms with Crippen LogP contribution in [0.15, 0.2) is 50.8 Å². The standard InChI is InChI=1S/C24H26BrN3O5/c1-6-14(2)22-27-19-9-8-17(25)12-18(19)23(29)28(22)26-13-16-7-10-20(21(11-16)31-4)33-15(3)24(30)32-5/h7-15H,6H2,1-5H3/t14-,15-/m1/s1. The van der Waals surface area contributed by atoms with E-state index in [-0.39, 0.29) is 11.5 Å². The van der Waals surface area contributed by atoms with Gasteiger partial charge in [0, 0.05) is 10.4 Å². The summed E-state index contributed by atoms with van der Waals surface area (Å²) >= 11 is 3.41. The zero-order valence-corrected chi connectivity index (χ0v) is 20.8. The van der Waals surface area contributed by atoms with E-state index in [1.165, 1.54) is 18.9 Å². The third kappa shape index (κ3) is 5.42. The Morgan fingerprint density at radius 1 is 1.18 bits per heavy atom. The number of methoxy groups -OCH3 is 2. The molecule has 8 nitrogen and oxygen atoms in total. The van der Waals surface area contributed by atoms with Crippen molar-refractivity contribution in [1.82, 2.24) is 9.66 Å². The average molecular weight is 516 g/mol. The lowest BCUT2D eigenvalue weighted by atomic mass is 10.1. The van der Waals surface area contributed by atoms with E-state index >= 15 is 0 Å². The minimum absolute atomic E-state index is 0.0352. The quantitative estimate of drug-likeness (QED) is 0.323. The van der Waals surface area contributed by atoms with Crippen LogP contribution in [0.5, 0.6) is 11.5 Å². The number of ether oxygens (including phenoxy) is 3. The van der Waals surface area contributed by atoms with Crippen molar-refractivity contribution in [3.8, 4) is 11.5 Å². The summed E-state index contributed by atoms with van der Waals surface area (Å²) in [6.07, 6.45) is 1.58. The molecule has 1 aromatic heterocycles. The number of carbonyl (C=O) groups excluding carboxylic acids is 1. The molecule has 0 spiro atoms. The maximum absolute atomic E-state index is 13.2. The lowest BCUT2D eigenvalue weighted by Crippen LogP contribution is -2.25. The van der Waals surface area contributed by atoms with Gasteiger partial charge in [0.25, 0.3) is 5.56 Å². The van der Waals surface area contributed by atoms with Gasteiger partial charge in [-0.3, -0.25) is 4.79 Å². The first kappa shape index (κ1) is 24.4. The molecule has 33 heavy (non-hydrogen) atoms. The second-order valence-corrected chi connectivity index (χ2v) is 8.41. The predicted molar refractivity (Wildman–Crippen MR) is 131 cm³/mol. The fraction of sp³-hybridized carbons (Fsp3) is 0.333. The minimum atomic E-state index is -0.789. The average Bonchev–Trinajstić information content (AvgIpc) is 2.83. The van der Waals surface area contributed by atoms with Gasteiger partial charge in [0.05, 0.1) is 31.3 Å². The summed E-state index contributed by atoms with van der Waals surface area (Å²) in [6.45, 7) is 5.64. The van der Waals surface area contributed by atoms with Crippen LogP contribution in [-0.2, 0) is 9.53 Å². The van der Waals surface area contributed by atoms with E-state index in [4.69, 9.17) is 19.2 Å². The first-order valence-electron chi connectivity index (χ1n) is 10.5. The summed E-state index contributed by atoms with van der Waals surface area (Å²) in [5, 5.41) is 4.94. The van der Waals surface area contributed by atoms with E-state index in [9.17, 15) is 9.59 Å². The van der Waals surface area contributed by atoms with Gasteiger partial charge in [-0.2, -0.15) is 9.78 Å². The molecule has 2 atom stereocenters. The lowest BCUT2D eigenvalue weighted by molar-refractivity contribution is -0.147. The van der Waals surface area contributed by atoms with Crippen molar-refractivity contribution < 1.29 is 19.0 Å². The van der Waals surface area contributed by atoms with E-state index in [0.717, 1.165) is 10.9 Å². The summed E-state index contributed by atoms with van der Waals surface area (Å²) in [6, 6.07) is 10.6. The van der Waals surface area contributed by atoms with Crippen molar-refractivity contribution in [2.45, 2.75) is 39.2 Å². The number of hydrogen-bond acceptors (Lipinski definition) is 7. The van der Waals surface area contributed by atoms with Crippen molar-refractivity contribution in [2.75, 3.05) is 14.2 Å². The molecule has 0 aliphatic rings. The molecule has 3 rings (SSSR count). The van der Waals surface area contributed by atoms with Crippen LogP contribution in [0.3, 0.4) is 0 Å². The molecule has 0 amide bonds. The van der Waals surface area contributed by atoms with Crippen LogP contribution in [0.2, 0.25) is 0 Å². The third-order valence-electron chi connectivity index (χ3n) is 5.23. The van der Waals surface area contributed by atoms with Crippen molar-refractivity contribution in [3.63, 3.8) is 0 Å². The number of esters is 1. The number of aromatic nitrogens is 2. The van der Waals surface area contributed by atoms with Crippen LogP contribution in [0.4, 0.5) is 0 Å². The number of nitrogens with zero attached hydrogens (tertiary/aromatic N) is 3. The molecule has 174 valence electrons. The lowest BCUT2D eigenvalue weighted by Gasteiger charge is -2.15. The number of hydrogen-bond donors (Lipinski definition) is 0. The van der Waals surface area contributed by atoms with Gasteiger partial charge < -0.3 is 14.2 Å². The highest BCUT2D eigenvalue weighted by molar-refractivity contribution is 9.10. The van der Waals surface area contributed by atoms with Crippen LogP contribution < -0.4 is 15.0 Å². The molecule has 0 unspecified atom stereocenters. The van der Waals surface area contributed by atoms with Crippen LogP contribution in [0.25, 0.3) is 10.9 Å². The fourth-order valence-corrected chi connectivity index (χ4v) is 3.53. The monoisotopic (exact) mass is 515 g/mol. The van der Waals surface area contributed by atoms with Gasteiger partial charge in [-0.15, -0.1) is 0 Å². The number of benzene rings is 2. The van der Waals surface area contributed by atoms with E-state index in [1.54, 1.807) is 37.4 Å². The van der Waals surface area contributed by atoms with Gasteiger partial charge in [-0.05, 0) is 55.3 Å². The molecule has 0 aliphatic heterocycles. The highest BCUT2D eigenvalue weighted by Crippen LogP contribution is 2.29. The van der Waals surface area contributed by atoms with Gasteiger partial charge in [0.2, 0.25) is 0 Å². The molecule has 0 bridgehead atoms. The Kier molecular flexibility index (Phi) is 7.86. The summed E-state index contributed by atoms with van der Waals surface area (Å²) < 4.78 is 17.9. The zero-order valence-electron chi connectivity index (χ0n) is 19.2. The Balaban J connectivity index is 2.02. The van der Waals surface area contributed by atoms with E-state index in [1.807, 2.05) is 26.0 Å². The van der Waals surface area contributed by atoms with Crippen LogP contribution in [0, 0.1) is 0 Å². The molecule has 0 saturated carbocycles. The maximum atomic E-state index is 13.2. The molecule has 0 radical (unpaired) electrons. The molecule has 2 aromatic carbocycles. The Labute approximate surface area is 200 Å². The zero-order chi connectivity index (χ0) is 24.1. The number of fused-ring (bicyclic) bond motifs is 1. The molecule has 1 heterocycles. The largest absolute Gasteiger partial charge is 0.493 e. The number of rotatable bonds is 8. The molecular formula is C24H26BrN3O5. The van der Waals surface area contributed by atoms with E-state index in [0.29, 0.717) is 33.8 Å². The summed E-state index contributed by atoms with van der Waals surface area (Å²) in [5.74, 6) is 0.947. The number of carbonyl (C=O) groups is 1. The smallest absolute Gasteiger partial charge is 0.346 e. The Hall–Kier alpha value is -3.20. The molecule has 0 N–H and O–H groups in total. The third-order valence-corrected chi connectivity index (χ3v) is 5.73. The molecular weight excluding hydrogens is 490 g/mol. The van der Waals surface area contributed by atoms with Gasteiger partial charge in [0.15, 0.2) is 17.6 Å². The summed E-state index contributed by atoms with van der Waals surface area (Å²) in [5.41, 5.74) is 1.07. The highest BCUT2D eigenvalue weighted by Gasteiger charge is 2.18. The van der Waals surface area contributed by atoms with Crippen LogP contribution in [0.1, 0.15) is 44.5 Å². The molecule has 3 aromatic rings. The Bertz CT molecular complexity index is 1250. The van der Waals surface area contributed by atoms with Crippen molar-refractivity contribution in [1.29, 1.82) is 0 Å². The van der Waals surface area contributed by atoms with Crippen molar-refractivity contribution in [3.05, 3.63) is 62.6 Å². The molecule has 0 fully saturated rings. The van der Waals surface area contributed by atoms with Gasteiger partial charge in [0.1, 0.15) is 5.82 Å². The Morgan fingerprint density at radius 2 is 1.94 bits per heavy atom. The second kappa shape index (κ2) is 10.6. The molecule has 0 saturated heterocycles. The van der Waals surface area contributed by atoms with Crippen molar-refractivity contribution in [2.24, 2.45) is 5.10 Å². The summed E-state index contributed by atoms with van der Waals surface area (Å²) in [4.78, 5) is 29.6. The van der Waals surface area contributed by atoms with Gasteiger partial charge in [-0.1, -0.05) is 29.8 Å². The van der Waals surface area contributed by atoms with E-state index < -0.39 is 12.1 Å². The number of halogens is 1. The second-order valence-electron chi connectivity index (χ2n) is 7.50. The van der Waals surface area contributed by atoms with Crippen LogP contribution >= 0.6 is 15.9 Å². The van der Waals surface area contributed by atoms with E-state index in [2.05, 4.69) is 21.0 Å². The highest BCUT2D eigenvalue weighted by atomic mass is 79.9. The predicted octanol–water partition coefficient (Wildman–Crippen LogP) is 4.50. The Morgan fingerprint density at radius 3 is 2.61 bits per heavy atom. The molecule has 0 aliphatic carbocycles. The summed E-state index contributed by atoms with van der Waals surface area (Å²) in [7, 11) is 2.80. The SMILES string of the molecule is CC[C@@H](C)c1nc2ccc(Br)cc2c(=O)n1N=Cc1ccc(O[C@H](C)C(=O)OC)c(OC)c1. The van der Waals surface area contributed by atoms with Crippen molar-refractivity contribution >= 4 is 39.0 Å². The molecule has 9 heteroatoms. The van der Waals surface area contributed by atoms with Gasteiger partial charge >= 0.3 is 5.97 Å². The maximum Gasteiger partial charge on any atom is 0.346 e. The van der Waals surface area contributed by atoms with Crippen LogP contribution in [-0.4, -0.2) is 42.2 Å². The van der Waals surface area contributed by atoms with Gasteiger partial charge in [-0.25, -0.2) is 9.78 Å². The topological polar surface area (TPSA) is 92.0 Å². The minimum Gasteiger partial charge on any atom is -0.493 e.